The van der Waals surface area contributed by atoms with E-state index in [1.54, 1.807) is 23.1 Å². The normalized spacial score (nSPS) is 12.8. The van der Waals surface area contributed by atoms with Crippen molar-refractivity contribution >= 4 is 5.52 Å². The smallest absolute Gasteiger partial charge is 0.0896 e. The van der Waals surface area contributed by atoms with E-state index >= 15 is 0 Å². The van der Waals surface area contributed by atoms with Crippen LogP contribution in [0.3, 0.4) is 0 Å². The highest BCUT2D eigenvalue weighted by Gasteiger charge is 2.13. The molecule has 0 aliphatic heterocycles. The molecule has 0 saturated carbocycles. The maximum absolute atomic E-state index is 6.25. The summed E-state index contributed by atoms with van der Waals surface area (Å²) >= 11 is 0. The Balaban J connectivity index is 2.10. The summed E-state index contributed by atoms with van der Waals surface area (Å²) in [5, 5.41) is 4.26. The molecule has 0 amide bonds. The van der Waals surface area contributed by atoms with Crippen LogP contribution in [0.2, 0.25) is 0 Å². The number of aromatic nitrogens is 3. The fraction of sp³-hybridized carbons (Fsp3) is 0.0769. The molecule has 2 N–H and O–H groups in total. The number of nitrogens with zero attached hydrogens (tertiary/aromatic N) is 3. The van der Waals surface area contributed by atoms with Gasteiger partial charge in [0.05, 0.1) is 24.0 Å². The first-order valence-corrected chi connectivity index (χ1v) is 5.44. The van der Waals surface area contributed by atoms with Crippen LogP contribution in [0, 0.1) is 0 Å². The molecule has 0 radical (unpaired) electrons. The van der Waals surface area contributed by atoms with E-state index in [4.69, 9.17) is 5.73 Å². The van der Waals surface area contributed by atoms with Gasteiger partial charge in [0.2, 0.25) is 0 Å². The summed E-state index contributed by atoms with van der Waals surface area (Å²) in [7, 11) is 0. The first kappa shape index (κ1) is 9.99. The SMILES string of the molecule is NC(c1ccccc1)c1cnn2ccncc12. The molecule has 1 atom stereocenters. The summed E-state index contributed by atoms with van der Waals surface area (Å²) in [5.41, 5.74) is 9.26. The maximum atomic E-state index is 6.25. The molecule has 17 heavy (non-hydrogen) atoms. The molecule has 4 nitrogen and oxygen atoms in total. The van der Waals surface area contributed by atoms with Crippen molar-refractivity contribution in [2.24, 2.45) is 5.73 Å². The summed E-state index contributed by atoms with van der Waals surface area (Å²) in [4.78, 5) is 4.11. The van der Waals surface area contributed by atoms with Gasteiger partial charge in [0.15, 0.2) is 0 Å². The minimum absolute atomic E-state index is 0.169. The van der Waals surface area contributed by atoms with Crippen molar-refractivity contribution < 1.29 is 0 Å². The topological polar surface area (TPSA) is 56.2 Å². The number of benzene rings is 1. The summed E-state index contributed by atoms with van der Waals surface area (Å²) in [6.45, 7) is 0. The Kier molecular flexibility index (Phi) is 2.34. The van der Waals surface area contributed by atoms with Crippen LogP contribution in [-0.4, -0.2) is 14.6 Å². The van der Waals surface area contributed by atoms with Crippen molar-refractivity contribution in [3.63, 3.8) is 0 Å². The second-order valence-corrected chi connectivity index (χ2v) is 3.89. The predicted octanol–water partition coefficient (Wildman–Crippen LogP) is 1.78. The Bertz CT molecular complexity index is 630. The second-order valence-electron chi connectivity index (χ2n) is 3.89. The van der Waals surface area contributed by atoms with Crippen LogP contribution in [0.25, 0.3) is 5.52 Å². The quantitative estimate of drug-likeness (QED) is 0.721. The van der Waals surface area contributed by atoms with Crippen molar-refractivity contribution in [2.45, 2.75) is 6.04 Å². The number of fused-ring (bicyclic) bond motifs is 1. The Morgan fingerprint density at radius 3 is 2.76 bits per heavy atom. The molecule has 4 heteroatoms. The van der Waals surface area contributed by atoms with Gasteiger partial charge in [0.25, 0.3) is 0 Å². The molecule has 0 spiro atoms. The molecule has 2 aromatic heterocycles. The predicted molar refractivity (Wildman–Crippen MR) is 65.5 cm³/mol. The molecule has 0 aliphatic carbocycles. The van der Waals surface area contributed by atoms with Crippen molar-refractivity contribution in [2.75, 3.05) is 0 Å². The van der Waals surface area contributed by atoms with Gasteiger partial charge in [-0.3, -0.25) is 4.98 Å². The molecule has 2 heterocycles. The minimum Gasteiger partial charge on any atom is -0.320 e. The van der Waals surface area contributed by atoms with Gasteiger partial charge >= 0.3 is 0 Å². The lowest BCUT2D eigenvalue weighted by atomic mass is 10.0. The Labute approximate surface area is 98.7 Å². The highest BCUT2D eigenvalue weighted by molar-refractivity contribution is 5.55. The van der Waals surface area contributed by atoms with Gasteiger partial charge in [-0.25, -0.2) is 4.52 Å². The average Bonchev–Trinajstić information content (AvgIpc) is 2.83. The second kappa shape index (κ2) is 3.99. The van der Waals surface area contributed by atoms with Gasteiger partial charge in [-0.05, 0) is 5.56 Å². The Morgan fingerprint density at radius 1 is 1.12 bits per heavy atom. The maximum Gasteiger partial charge on any atom is 0.0896 e. The van der Waals surface area contributed by atoms with Crippen LogP contribution >= 0.6 is 0 Å². The molecule has 84 valence electrons. The van der Waals surface area contributed by atoms with E-state index in [2.05, 4.69) is 10.1 Å². The zero-order valence-electron chi connectivity index (χ0n) is 9.19. The molecule has 0 bridgehead atoms. The molecule has 3 rings (SSSR count). The zero-order chi connectivity index (χ0) is 11.7. The van der Waals surface area contributed by atoms with Crippen LogP contribution in [0.4, 0.5) is 0 Å². The van der Waals surface area contributed by atoms with Crippen LogP contribution in [-0.2, 0) is 0 Å². The van der Waals surface area contributed by atoms with Gasteiger partial charge in [-0.1, -0.05) is 30.3 Å². The number of hydrogen-bond donors (Lipinski definition) is 1. The van der Waals surface area contributed by atoms with E-state index in [9.17, 15) is 0 Å². The Hall–Kier alpha value is -2.20. The highest BCUT2D eigenvalue weighted by atomic mass is 15.2. The number of nitrogens with two attached hydrogens (primary N) is 1. The van der Waals surface area contributed by atoms with Gasteiger partial charge in [-0.15, -0.1) is 0 Å². The highest BCUT2D eigenvalue weighted by Crippen LogP contribution is 2.22. The zero-order valence-corrected chi connectivity index (χ0v) is 9.19. The van der Waals surface area contributed by atoms with Crippen LogP contribution in [0.1, 0.15) is 17.2 Å². The number of rotatable bonds is 2. The standard InChI is InChI=1S/C13H12N4/c14-13(10-4-2-1-3-5-10)11-8-16-17-7-6-15-9-12(11)17/h1-9,13H,14H2. The third-order valence-corrected chi connectivity index (χ3v) is 2.85. The van der Waals surface area contributed by atoms with E-state index < -0.39 is 0 Å². The van der Waals surface area contributed by atoms with E-state index in [0.29, 0.717) is 0 Å². The first-order chi connectivity index (χ1) is 8.36. The van der Waals surface area contributed by atoms with Gasteiger partial charge in [0.1, 0.15) is 0 Å². The monoisotopic (exact) mass is 224 g/mol. The summed E-state index contributed by atoms with van der Waals surface area (Å²) < 4.78 is 1.78. The first-order valence-electron chi connectivity index (χ1n) is 5.44. The largest absolute Gasteiger partial charge is 0.320 e. The van der Waals surface area contributed by atoms with E-state index in [-0.39, 0.29) is 6.04 Å². The fourth-order valence-electron chi connectivity index (χ4n) is 1.93. The summed E-state index contributed by atoms with van der Waals surface area (Å²) in [5.74, 6) is 0. The van der Waals surface area contributed by atoms with Crippen LogP contribution < -0.4 is 5.73 Å². The summed E-state index contributed by atoms with van der Waals surface area (Å²) in [6.07, 6.45) is 7.11. The van der Waals surface area contributed by atoms with E-state index in [1.807, 2.05) is 36.5 Å². The van der Waals surface area contributed by atoms with E-state index in [0.717, 1.165) is 16.6 Å². The molecule has 3 aromatic rings. The van der Waals surface area contributed by atoms with Crippen LogP contribution in [0.5, 0.6) is 0 Å². The van der Waals surface area contributed by atoms with E-state index in [1.165, 1.54) is 0 Å². The lowest BCUT2D eigenvalue weighted by Crippen LogP contribution is -2.11. The fourth-order valence-corrected chi connectivity index (χ4v) is 1.93. The third-order valence-electron chi connectivity index (χ3n) is 2.85. The van der Waals surface area contributed by atoms with Gasteiger partial charge in [-0.2, -0.15) is 5.10 Å². The molecular weight excluding hydrogens is 212 g/mol. The average molecular weight is 224 g/mol. The van der Waals surface area contributed by atoms with Crippen molar-refractivity contribution in [1.82, 2.24) is 14.6 Å². The minimum atomic E-state index is -0.169. The van der Waals surface area contributed by atoms with Crippen molar-refractivity contribution in [3.05, 3.63) is 66.2 Å². The number of hydrogen-bond acceptors (Lipinski definition) is 3. The van der Waals surface area contributed by atoms with Gasteiger partial charge < -0.3 is 5.73 Å². The lowest BCUT2D eigenvalue weighted by molar-refractivity contribution is 0.879. The molecular formula is C13H12N4. The van der Waals surface area contributed by atoms with Crippen LogP contribution in [0.15, 0.2) is 55.1 Å². The van der Waals surface area contributed by atoms with Gasteiger partial charge in [0, 0.05) is 18.0 Å². The Morgan fingerprint density at radius 2 is 1.94 bits per heavy atom. The van der Waals surface area contributed by atoms with Crippen molar-refractivity contribution in [3.8, 4) is 0 Å². The lowest BCUT2D eigenvalue weighted by Gasteiger charge is -2.10. The van der Waals surface area contributed by atoms with Crippen molar-refractivity contribution in [1.29, 1.82) is 0 Å². The molecule has 1 aromatic carbocycles. The molecule has 0 saturated heterocycles. The summed E-state index contributed by atoms with van der Waals surface area (Å²) in [6, 6.07) is 9.82. The molecule has 0 aliphatic rings. The third kappa shape index (κ3) is 1.68. The molecule has 1 unspecified atom stereocenters. The molecule has 0 fully saturated rings.